The molecule has 132 valence electrons. The molecule has 0 aliphatic carbocycles. The molecule has 0 spiro atoms. The number of phenols is 1. The van der Waals surface area contributed by atoms with E-state index in [0.29, 0.717) is 5.75 Å². The van der Waals surface area contributed by atoms with Crippen LogP contribution in [0.5, 0.6) is 11.5 Å². The van der Waals surface area contributed by atoms with Gasteiger partial charge in [-0.3, -0.25) is 9.59 Å². The Kier molecular flexibility index (Phi) is 7.03. The van der Waals surface area contributed by atoms with Crippen molar-refractivity contribution in [3.63, 3.8) is 0 Å². The lowest BCUT2D eigenvalue weighted by atomic mass is 10.0. The van der Waals surface area contributed by atoms with Crippen LogP contribution in [0.25, 0.3) is 0 Å². The number of phenolic OH excluding ortho intramolecular Hbond substituents is 1. The van der Waals surface area contributed by atoms with E-state index in [1.165, 1.54) is 25.3 Å². The molecule has 1 rings (SSSR count). The molecule has 0 aliphatic rings. The number of benzene rings is 1. The summed E-state index contributed by atoms with van der Waals surface area (Å²) >= 11 is 0. The zero-order valence-electron chi connectivity index (χ0n) is 13.8. The van der Waals surface area contributed by atoms with Gasteiger partial charge in [0, 0.05) is 0 Å². The average molecular weight is 338 g/mol. The summed E-state index contributed by atoms with van der Waals surface area (Å²) < 4.78 is 4.97. The number of aliphatic carboxylic acids is 1. The van der Waals surface area contributed by atoms with Gasteiger partial charge in [-0.25, -0.2) is 4.79 Å². The number of rotatable bonds is 8. The van der Waals surface area contributed by atoms with Crippen LogP contribution >= 0.6 is 0 Å². The van der Waals surface area contributed by atoms with Crippen molar-refractivity contribution in [2.45, 2.75) is 26.3 Å². The van der Waals surface area contributed by atoms with E-state index in [0.717, 1.165) is 0 Å². The van der Waals surface area contributed by atoms with E-state index in [9.17, 15) is 19.5 Å². The molecule has 1 atom stereocenters. The van der Waals surface area contributed by atoms with Crippen LogP contribution in [0.1, 0.15) is 30.6 Å². The molecule has 0 aromatic heterocycles. The molecule has 4 N–H and O–H groups in total. The van der Waals surface area contributed by atoms with Crippen molar-refractivity contribution in [2.24, 2.45) is 5.92 Å². The van der Waals surface area contributed by atoms with Crippen LogP contribution in [0.15, 0.2) is 18.2 Å². The Morgan fingerprint density at radius 2 is 1.92 bits per heavy atom. The second-order valence-corrected chi connectivity index (χ2v) is 5.65. The van der Waals surface area contributed by atoms with Gasteiger partial charge in [0.15, 0.2) is 0 Å². The Labute approximate surface area is 139 Å². The van der Waals surface area contributed by atoms with Gasteiger partial charge < -0.3 is 25.6 Å². The predicted molar refractivity (Wildman–Crippen MR) is 86.0 cm³/mol. The summed E-state index contributed by atoms with van der Waals surface area (Å²) in [5.41, 5.74) is -0.0425. The molecule has 0 radical (unpaired) electrons. The molecule has 0 fully saturated rings. The lowest BCUT2D eigenvalue weighted by Crippen LogP contribution is -2.46. The standard InChI is InChI=1S/C16H22N2O6/c1-9(2)6-12(16(22)23)18-14(20)8-17-15(21)11-7-10(24-3)4-5-13(11)19/h4-5,7,9,12,19H,6,8H2,1-3H3,(H,17,21)(H,18,20)(H,22,23)/t12-/m0/s1. The third-order valence-electron chi connectivity index (χ3n) is 3.20. The zero-order valence-corrected chi connectivity index (χ0v) is 13.8. The third-order valence-corrected chi connectivity index (χ3v) is 3.20. The minimum atomic E-state index is -1.13. The molecule has 0 saturated carbocycles. The molecule has 1 aromatic rings. The summed E-state index contributed by atoms with van der Waals surface area (Å²) in [4.78, 5) is 34.9. The highest BCUT2D eigenvalue weighted by atomic mass is 16.5. The van der Waals surface area contributed by atoms with Gasteiger partial charge in [0.1, 0.15) is 17.5 Å². The molecule has 1 aromatic carbocycles. The second-order valence-electron chi connectivity index (χ2n) is 5.65. The van der Waals surface area contributed by atoms with Gasteiger partial charge in [-0.2, -0.15) is 0 Å². The normalized spacial score (nSPS) is 11.7. The number of aromatic hydroxyl groups is 1. The third kappa shape index (κ3) is 5.79. The van der Waals surface area contributed by atoms with Crippen molar-refractivity contribution < 1.29 is 29.3 Å². The van der Waals surface area contributed by atoms with Crippen molar-refractivity contribution >= 4 is 17.8 Å². The fourth-order valence-corrected chi connectivity index (χ4v) is 2.02. The van der Waals surface area contributed by atoms with Crippen LogP contribution in [0.4, 0.5) is 0 Å². The monoisotopic (exact) mass is 338 g/mol. The fourth-order valence-electron chi connectivity index (χ4n) is 2.02. The van der Waals surface area contributed by atoms with E-state index in [1.807, 2.05) is 13.8 Å². The summed E-state index contributed by atoms with van der Waals surface area (Å²) in [5.74, 6) is -2.21. The number of hydrogen-bond acceptors (Lipinski definition) is 5. The van der Waals surface area contributed by atoms with Crippen molar-refractivity contribution in [3.05, 3.63) is 23.8 Å². The maximum Gasteiger partial charge on any atom is 0.326 e. The summed E-state index contributed by atoms with van der Waals surface area (Å²) in [6, 6.07) is 3.11. The largest absolute Gasteiger partial charge is 0.507 e. The maximum atomic E-state index is 12.0. The van der Waals surface area contributed by atoms with E-state index >= 15 is 0 Å². The molecule has 0 saturated heterocycles. The first kappa shape index (κ1) is 19.3. The zero-order chi connectivity index (χ0) is 18.3. The summed E-state index contributed by atoms with van der Waals surface area (Å²) in [6.07, 6.45) is 0.283. The van der Waals surface area contributed by atoms with Crippen molar-refractivity contribution in [1.82, 2.24) is 10.6 Å². The van der Waals surface area contributed by atoms with Gasteiger partial charge >= 0.3 is 5.97 Å². The molecule has 0 aliphatic heterocycles. The first-order chi connectivity index (χ1) is 11.2. The maximum absolute atomic E-state index is 12.0. The summed E-state index contributed by atoms with van der Waals surface area (Å²) in [5, 5.41) is 23.4. The molecule has 8 heteroatoms. The van der Waals surface area contributed by atoms with Crippen LogP contribution in [0.2, 0.25) is 0 Å². The molecule has 2 amide bonds. The van der Waals surface area contributed by atoms with Crippen LogP contribution in [0, 0.1) is 5.92 Å². The van der Waals surface area contributed by atoms with Gasteiger partial charge in [-0.1, -0.05) is 13.8 Å². The number of amides is 2. The van der Waals surface area contributed by atoms with Crippen molar-refractivity contribution in [2.75, 3.05) is 13.7 Å². The quantitative estimate of drug-likeness (QED) is 0.554. The molecule has 0 unspecified atom stereocenters. The van der Waals surface area contributed by atoms with Crippen molar-refractivity contribution in [1.29, 1.82) is 0 Å². The lowest BCUT2D eigenvalue weighted by molar-refractivity contribution is -0.142. The molecule has 24 heavy (non-hydrogen) atoms. The first-order valence-corrected chi connectivity index (χ1v) is 7.42. The molecule has 0 bridgehead atoms. The molecule has 0 heterocycles. The molecule has 8 nitrogen and oxygen atoms in total. The van der Waals surface area contributed by atoms with Crippen molar-refractivity contribution in [3.8, 4) is 11.5 Å². The SMILES string of the molecule is COc1ccc(O)c(C(=O)NCC(=O)N[C@@H](CC(C)C)C(=O)O)c1. The minimum absolute atomic E-state index is 0.0425. The van der Waals surface area contributed by atoms with Crippen LogP contribution < -0.4 is 15.4 Å². The number of hydrogen-bond donors (Lipinski definition) is 4. The van der Waals surface area contributed by atoms with E-state index in [2.05, 4.69) is 10.6 Å². The molecular formula is C16H22N2O6. The minimum Gasteiger partial charge on any atom is -0.507 e. The molecular weight excluding hydrogens is 316 g/mol. The van der Waals surface area contributed by atoms with Gasteiger partial charge in [0.2, 0.25) is 5.91 Å². The van der Waals surface area contributed by atoms with Gasteiger partial charge in [-0.15, -0.1) is 0 Å². The Morgan fingerprint density at radius 3 is 2.46 bits per heavy atom. The van der Waals surface area contributed by atoms with E-state index in [1.54, 1.807) is 0 Å². The predicted octanol–water partition coefficient (Wildman–Crippen LogP) is 0.746. The summed E-state index contributed by atoms with van der Waals surface area (Å²) in [6.45, 7) is 3.28. The van der Waals surface area contributed by atoms with Gasteiger partial charge in [0.25, 0.3) is 5.91 Å². The number of methoxy groups -OCH3 is 1. The van der Waals surface area contributed by atoms with Crippen LogP contribution in [-0.2, 0) is 9.59 Å². The Bertz CT molecular complexity index is 615. The Balaban J connectivity index is 2.63. The lowest BCUT2D eigenvalue weighted by Gasteiger charge is -2.16. The number of nitrogens with one attached hydrogen (secondary N) is 2. The number of carbonyl (C=O) groups is 3. The van der Waals surface area contributed by atoms with Crippen LogP contribution in [-0.4, -0.2) is 47.7 Å². The number of carboxylic acid groups (broad SMARTS) is 1. The van der Waals surface area contributed by atoms with E-state index < -0.39 is 30.4 Å². The highest BCUT2D eigenvalue weighted by molar-refractivity contribution is 5.99. The van der Waals surface area contributed by atoms with E-state index in [-0.39, 0.29) is 23.7 Å². The van der Waals surface area contributed by atoms with Crippen LogP contribution in [0.3, 0.4) is 0 Å². The van der Waals surface area contributed by atoms with E-state index in [4.69, 9.17) is 9.84 Å². The number of carboxylic acids is 1. The smallest absolute Gasteiger partial charge is 0.326 e. The van der Waals surface area contributed by atoms with Gasteiger partial charge in [0.05, 0.1) is 19.2 Å². The highest BCUT2D eigenvalue weighted by Crippen LogP contribution is 2.22. The summed E-state index contributed by atoms with van der Waals surface area (Å²) in [7, 11) is 1.42. The highest BCUT2D eigenvalue weighted by Gasteiger charge is 2.21. The Hall–Kier alpha value is -2.77. The van der Waals surface area contributed by atoms with Gasteiger partial charge in [-0.05, 0) is 30.5 Å². The number of carbonyl (C=O) groups excluding carboxylic acids is 2. The Morgan fingerprint density at radius 1 is 1.25 bits per heavy atom. The topological polar surface area (TPSA) is 125 Å². The number of ether oxygens (including phenoxy) is 1. The fraction of sp³-hybridized carbons (Fsp3) is 0.438. The second kappa shape index (κ2) is 8.76. The average Bonchev–Trinajstić information content (AvgIpc) is 2.52. The first-order valence-electron chi connectivity index (χ1n) is 7.42.